The van der Waals surface area contributed by atoms with Gasteiger partial charge in [0, 0.05) is 61.5 Å². The Morgan fingerprint density at radius 2 is 0.950 bits per heavy atom. The molecule has 0 atom stereocenters. The minimum atomic E-state index is 0.0690. The van der Waals surface area contributed by atoms with Gasteiger partial charge in [0.15, 0.2) is 0 Å². The molecule has 3 rings (SSSR count). The van der Waals surface area contributed by atoms with Crippen LogP contribution in [0.2, 0.25) is 0 Å². The average molecular weight is 280 g/mol. The summed E-state index contributed by atoms with van der Waals surface area (Å²) in [6, 6.07) is 0. The molecule has 0 saturated heterocycles. The topological polar surface area (TPSA) is 87.4 Å². The third kappa shape index (κ3) is 2.05. The van der Waals surface area contributed by atoms with Crippen molar-refractivity contribution in [3.8, 4) is 11.5 Å². The maximum absolute atomic E-state index is 10.4. The summed E-state index contributed by atoms with van der Waals surface area (Å²) in [6.07, 6.45) is 0. The van der Waals surface area contributed by atoms with Gasteiger partial charge in [-0.05, 0) is 0 Å². The van der Waals surface area contributed by atoms with Gasteiger partial charge in [0.05, 0.1) is 13.2 Å². The molecule has 0 radical (unpaired) electrons. The highest BCUT2D eigenvalue weighted by Crippen LogP contribution is 2.45. The summed E-state index contributed by atoms with van der Waals surface area (Å²) in [5, 5.41) is 38.9. The first-order valence-electron chi connectivity index (χ1n) is 6.89. The lowest BCUT2D eigenvalue weighted by atomic mass is 9.99. The second-order valence-electron chi connectivity index (χ2n) is 5.48. The molecular weight excluding hydrogens is 260 g/mol. The summed E-state index contributed by atoms with van der Waals surface area (Å²) in [4.78, 5) is 4.01. The van der Waals surface area contributed by atoms with Crippen LogP contribution in [0.3, 0.4) is 0 Å². The number of benzene rings is 1. The SMILES string of the molecule is OCCN1Cc2c(O)c3c(c(O)c2C1)CN(CCO)C3. The second kappa shape index (κ2) is 5.21. The normalized spacial score (nSPS) is 18.5. The number of fused-ring (bicyclic) bond motifs is 2. The van der Waals surface area contributed by atoms with Crippen LogP contribution in [0.15, 0.2) is 0 Å². The zero-order valence-corrected chi connectivity index (χ0v) is 11.3. The first-order chi connectivity index (χ1) is 9.65. The molecule has 20 heavy (non-hydrogen) atoms. The molecule has 0 aliphatic carbocycles. The highest BCUT2D eigenvalue weighted by molar-refractivity contribution is 5.60. The molecule has 6 nitrogen and oxygen atoms in total. The van der Waals surface area contributed by atoms with Crippen molar-refractivity contribution in [2.45, 2.75) is 26.2 Å². The largest absolute Gasteiger partial charge is 0.507 e. The van der Waals surface area contributed by atoms with Crippen molar-refractivity contribution in [2.24, 2.45) is 0 Å². The van der Waals surface area contributed by atoms with Crippen LogP contribution in [0.4, 0.5) is 0 Å². The van der Waals surface area contributed by atoms with E-state index in [1.807, 2.05) is 9.80 Å². The van der Waals surface area contributed by atoms with E-state index >= 15 is 0 Å². The van der Waals surface area contributed by atoms with Gasteiger partial charge in [-0.15, -0.1) is 0 Å². The Morgan fingerprint density at radius 3 is 1.20 bits per heavy atom. The molecule has 1 aromatic rings. The van der Waals surface area contributed by atoms with Crippen molar-refractivity contribution in [1.82, 2.24) is 9.80 Å². The van der Waals surface area contributed by atoms with Crippen LogP contribution in [0.5, 0.6) is 11.5 Å². The van der Waals surface area contributed by atoms with E-state index in [-0.39, 0.29) is 24.7 Å². The predicted molar refractivity (Wildman–Crippen MR) is 72.2 cm³/mol. The van der Waals surface area contributed by atoms with Gasteiger partial charge in [0.1, 0.15) is 11.5 Å². The number of nitrogens with zero attached hydrogens (tertiary/aromatic N) is 2. The van der Waals surface area contributed by atoms with Gasteiger partial charge < -0.3 is 20.4 Å². The number of hydrogen-bond donors (Lipinski definition) is 4. The molecule has 0 bridgehead atoms. The van der Waals surface area contributed by atoms with Crippen LogP contribution in [0.25, 0.3) is 0 Å². The number of aliphatic hydroxyl groups excluding tert-OH is 2. The quantitative estimate of drug-likeness (QED) is 0.567. The number of phenols is 2. The molecule has 0 spiro atoms. The third-order valence-electron chi connectivity index (χ3n) is 4.23. The molecule has 0 aromatic heterocycles. The van der Waals surface area contributed by atoms with Gasteiger partial charge in [-0.2, -0.15) is 0 Å². The smallest absolute Gasteiger partial charge is 0.125 e. The molecule has 1 aromatic carbocycles. The first kappa shape index (κ1) is 13.6. The lowest BCUT2D eigenvalue weighted by Crippen LogP contribution is -2.20. The minimum absolute atomic E-state index is 0.0690. The van der Waals surface area contributed by atoms with Crippen molar-refractivity contribution < 1.29 is 20.4 Å². The van der Waals surface area contributed by atoms with Gasteiger partial charge in [0.2, 0.25) is 0 Å². The fraction of sp³-hybridized carbons (Fsp3) is 0.571. The zero-order chi connectivity index (χ0) is 14.3. The van der Waals surface area contributed by atoms with Crippen molar-refractivity contribution in [3.05, 3.63) is 22.3 Å². The second-order valence-corrected chi connectivity index (χ2v) is 5.48. The van der Waals surface area contributed by atoms with Crippen LogP contribution >= 0.6 is 0 Å². The minimum Gasteiger partial charge on any atom is -0.507 e. The Morgan fingerprint density at radius 1 is 0.650 bits per heavy atom. The molecule has 0 saturated carbocycles. The zero-order valence-electron chi connectivity index (χ0n) is 11.3. The molecule has 110 valence electrons. The monoisotopic (exact) mass is 280 g/mol. The van der Waals surface area contributed by atoms with Crippen LogP contribution in [0.1, 0.15) is 22.3 Å². The maximum atomic E-state index is 10.4. The average Bonchev–Trinajstić information content (AvgIpc) is 3.02. The van der Waals surface area contributed by atoms with Crippen LogP contribution in [-0.2, 0) is 26.2 Å². The molecule has 0 fully saturated rings. The Kier molecular flexibility index (Phi) is 3.55. The number of phenolic OH excluding ortho intramolecular Hbond substituents is 2. The van der Waals surface area contributed by atoms with Gasteiger partial charge in [-0.3, -0.25) is 9.80 Å². The lowest BCUT2D eigenvalue weighted by Gasteiger charge is -2.13. The van der Waals surface area contributed by atoms with E-state index in [0.29, 0.717) is 39.3 Å². The van der Waals surface area contributed by atoms with Crippen LogP contribution in [-0.4, -0.2) is 56.5 Å². The fourth-order valence-corrected chi connectivity index (χ4v) is 3.22. The summed E-state index contributed by atoms with van der Waals surface area (Å²) in [7, 11) is 0. The predicted octanol–water partition coefficient (Wildman–Crippen LogP) is -0.286. The van der Waals surface area contributed by atoms with Gasteiger partial charge >= 0.3 is 0 Å². The maximum Gasteiger partial charge on any atom is 0.125 e. The summed E-state index contributed by atoms with van der Waals surface area (Å²) >= 11 is 0. The fourth-order valence-electron chi connectivity index (χ4n) is 3.22. The number of aliphatic hydroxyl groups is 2. The Balaban J connectivity index is 1.94. The molecule has 6 heteroatoms. The van der Waals surface area contributed by atoms with E-state index in [1.165, 1.54) is 0 Å². The van der Waals surface area contributed by atoms with Gasteiger partial charge in [-0.1, -0.05) is 0 Å². The molecule has 0 unspecified atom stereocenters. The molecule has 2 heterocycles. The van der Waals surface area contributed by atoms with Crippen molar-refractivity contribution in [1.29, 1.82) is 0 Å². The molecule has 2 aliphatic rings. The highest BCUT2D eigenvalue weighted by atomic mass is 16.3. The summed E-state index contributed by atoms with van der Waals surface area (Å²) < 4.78 is 0. The van der Waals surface area contributed by atoms with Crippen LogP contribution in [0, 0.1) is 0 Å². The summed E-state index contributed by atoms with van der Waals surface area (Å²) in [5.41, 5.74) is 3.11. The van der Waals surface area contributed by atoms with E-state index in [0.717, 1.165) is 22.3 Å². The molecule has 4 N–H and O–H groups in total. The Labute approximate surface area is 117 Å². The lowest BCUT2D eigenvalue weighted by molar-refractivity contribution is 0.193. The first-order valence-corrected chi connectivity index (χ1v) is 6.89. The van der Waals surface area contributed by atoms with Gasteiger partial charge in [0.25, 0.3) is 0 Å². The Bertz CT molecular complexity index is 448. The summed E-state index contributed by atoms with van der Waals surface area (Å²) in [5.74, 6) is 0.544. The van der Waals surface area contributed by atoms with Crippen molar-refractivity contribution in [3.63, 3.8) is 0 Å². The van der Waals surface area contributed by atoms with Crippen LogP contribution < -0.4 is 0 Å². The molecule has 2 aliphatic heterocycles. The van der Waals surface area contributed by atoms with Gasteiger partial charge in [-0.25, -0.2) is 0 Å². The summed E-state index contributed by atoms with van der Waals surface area (Å²) in [6.45, 7) is 3.44. The molecular formula is C14H20N2O4. The molecule has 0 amide bonds. The highest BCUT2D eigenvalue weighted by Gasteiger charge is 2.33. The van der Waals surface area contributed by atoms with E-state index in [1.54, 1.807) is 0 Å². The number of hydrogen-bond acceptors (Lipinski definition) is 6. The van der Waals surface area contributed by atoms with E-state index in [4.69, 9.17) is 10.2 Å². The van der Waals surface area contributed by atoms with Crippen molar-refractivity contribution in [2.75, 3.05) is 26.3 Å². The number of aromatic hydroxyl groups is 2. The standard InChI is InChI=1S/C14H20N2O4/c17-3-1-15-5-9-10(6-15)14(20)12-8-16(2-4-18)7-11(12)13(9)19/h17-20H,1-8H2. The van der Waals surface area contributed by atoms with E-state index < -0.39 is 0 Å². The third-order valence-corrected chi connectivity index (χ3v) is 4.23. The number of β-amino-alcohol motifs (C(OH)–C–C–N with tert-alkyl or cyclic N) is 2. The van der Waals surface area contributed by atoms with E-state index in [2.05, 4.69) is 0 Å². The van der Waals surface area contributed by atoms with E-state index in [9.17, 15) is 10.2 Å². The number of rotatable bonds is 4. The van der Waals surface area contributed by atoms with Crippen molar-refractivity contribution >= 4 is 0 Å². The Hall–Kier alpha value is -1.34.